The van der Waals surface area contributed by atoms with Crippen molar-refractivity contribution in [2.45, 2.75) is 13.0 Å². The quantitative estimate of drug-likeness (QED) is 0.828. The molecule has 0 amide bonds. The first-order valence-electron chi connectivity index (χ1n) is 6.37. The minimum Gasteiger partial charge on any atom is -0.508 e. The van der Waals surface area contributed by atoms with Crippen molar-refractivity contribution < 1.29 is 19.7 Å². The standard InChI is InChI=1S/C16H15NO4/c1-11(16(19)20)21-15-8-2-12(3-9-15)10-17-13-4-6-14(18)7-5-13/h2-11,18H,1H3,(H,19,20)/t11-/m0/s1. The second kappa shape index (κ2) is 6.56. The van der Waals surface area contributed by atoms with Crippen LogP contribution in [0.4, 0.5) is 5.69 Å². The predicted molar refractivity (Wildman–Crippen MR) is 79.5 cm³/mol. The fourth-order valence-electron chi connectivity index (χ4n) is 1.57. The normalized spacial score (nSPS) is 12.2. The average molecular weight is 285 g/mol. The molecule has 0 saturated heterocycles. The van der Waals surface area contributed by atoms with E-state index in [-0.39, 0.29) is 5.75 Å². The fourth-order valence-corrected chi connectivity index (χ4v) is 1.57. The van der Waals surface area contributed by atoms with Crippen LogP contribution >= 0.6 is 0 Å². The number of aromatic hydroxyl groups is 1. The van der Waals surface area contributed by atoms with Crippen molar-refractivity contribution >= 4 is 17.9 Å². The first-order valence-corrected chi connectivity index (χ1v) is 6.37. The van der Waals surface area contributed by atoms with Crippen LogP contribution in [-0.4, -0.2) is 28.5 Å². The zero-order chi connectivity index (χ0) is 15.2. The van der Waals surface area contributed by atoms with Gasteiger partial charge in [-0.2, -0.15) is 0 Å². The summed E-state index contributed by atoms with van der Waals surface area (Å²) in [6, 6.07) is 13.5. The zero-order valence-electron chi connectivity index (χ0n) is 11.4. The maximum Gasteiger partial charge on any atom is 0.344 e. The third kappa shape index (κ3) is 4.35. The van der Waals surface area contributed by atoms with Crippen LogP contribution in [0.5, 0.6) is 11.5 Å². The highest BCUT2D eigenvalue weighted by molar-refractivity contribution is 5.82. The minimum absolute atomic E-state index is 0.197. The van der Waals surface area contributed by atoms with E-state index in [1.807, 2.05) is 0 Å². The van der Waals surface area contributed by atoms with E-state index in [0.717, 1.165) is 11.3 Å². The second-order valence-electron chi connectivity index (χ2n) is 4.44. The molecular formula is C16H15NO4. The van der Waals surface area contributed by atoms with Crippen molar-refractivity contribution in [2.24, 2.45) is 4.99 Å². The summed E-state index contributed by atoms with van der Waals surface area (Å²) in [5, 5.41) is 17.9. The maximum atomic E-state index is 10.7. The number of benzene rings is 2. The number of phenols is 1. The summed E-state index contributed by atoms with van der Waals surface area (Å²) >= 11 is 0. The molecule has 0 aromatic heterocycles. The molecule has 0 aliphatic rings. The molecule has 5 nitrogen and oxygen atoms in total. The van der Waals surface area contributed by atoms with Gasteiger partial charge in [-0.1, -0.05) is 0 Å². The molecule has 5 heteroatoms. The van der Waals surface area contributed by atoms with Gasteiger partial charge in [-0.25, -0.2) is 4.79 Å². The lowest BCUT2D eigenvalue weighted by Crippen LogP contribution is -2.22. The lowest BCUT2D eigenvalue weighted by molar-refractivity contribution is -0.144. The van der Waals surface area contributed by atoms with Crippen molar-refractivity contribution in [2.75, 3.05) is 0 Å². The van der Waals surface area contributed by atoms with Crippen molar-refractivity contribution in [3.63, 3.8) is 0 Å². The Morgan fingerprint density at radius 1 is 1.14 bits per heavy atom. The molecule has 2 N–H and O–H groups in total. The SMILES string of the molecule is C[C@H](Oc1ccc(C=Nc2ccc(O)cc2)cc1)C(=O)O. The molecule has 2 aromatic rings. The highest BCUT2D eigenvalue weighted by Gasteiger charge is 2.11. The Kier molecular flexibility index (Phi) is 4.56. The Balaban J connectivity index is 2.02. The summed E-state index contributed by atoms with van der Waals surface area (Å²) in [7, 11) is 0. The number of hydrogen-bond donors (Lipinski definition) is 2. The molecule has 0 saturated carbocycles. The van der Waals surface area contributed by atoms with Crippen molar-refractivity contribution in [3.8, 4) is 11.5 Å². The van der Waals surface area contributed by atoms with E-state index in [1.165, 1.54) is 6.92 Å². The van der Waals surface area contributed by atoms with Gasteiger partial charge in [0.1, 0.15) is 11.5 Å². The third-order valence-corrected chi connectivity index (χ3v) is 2.75. The summed E-state index contributed by atoms with van der Waals surface area (Å²) in [5.74, 6) is -0.317. The summed E-state index contributed by atoms with van der Waals surface area (Å²) < 4.78 is 5.23. The molecule has 0 radical (unpaired) electrons. The number of hydrogen-bond acceptors (Lipinski definition) is 4. The van der Waals surface area contributed by atoms with Gasteiger partial charge in [0.15, 0.2) is 6.10 Å². The molecule has 0 fully saturated rings. The number of nitrogens with zero attached hydrogens (tertiary/aromatic N) is 1. The van der Waals surface area contributed by atoms with Crippen molar-refractivity contribution in [1.29, 1.82) is 0 Å². The number of ether oxygens (including phenoxy) is 1. The van der Waals surface area contributed by atoms with E-state index < -0.39 is 12.1 Å². The van der Waals surface area contributed by atoms with E-state index in [2.05, 4.69) is 4.99 Å². The summed E-state index contributed by atoms with van der Waals surface area (Å²) in [4.78, 5) is 15.0. The van der Waals surface area contributed by atoms with Crippen molar-refractivity contribution in [1.82, 2.24) is 0 Å². The molecule has 0 heterocycles. The number of carboxylic acids is 1. The molecular weight excluding hydrogens is 270 g/mol. The minimum atomic E-state index is -1.01. The van der Waals surface area contributed by atoms with Crippen LogP contribution < -0.4 is 4.74 Å². The van der Waals surface area contributed by atoms with E-state index in [9.17, 15) is 9.90 Å². The Hall–Kier alpha value is -2.82. The zero-order valence-corrected chi connectivity index (χ0v) is 11.4. The smallest absolute Gasteiger partial charge is 0.344 e. The molecule has 1 atom stereocenters. The van der Waals surface area contributed by atoms with Gasteiger partial charge in [0.25, 0.3) is 0 Å². The maximum absolute atomic E-state index is 10.7. The Bertz CT molecular complexity index is 632. The van der Waals surface area contributed by atoms with Gasteiger partial charge >= 0.3 is 5.97 Å². The molecule has 21 heavy (non-hydrogen) atoms. The molecule has 108 valence electrons. The number of rotatable bonds is 5. The van der Waals surface area contributed by atoms with Crippen LogP contribution in [0.3, 0.4) is 0 Å². The van der Waals surface area contributed by atoms with Crippen LogP contribution in [0.25, 0.3) is 0 Å². The van der Waals surface area contributed by atoms with Crippen molar-refractivity contribution in [3.05, 3.63) is 54.1 Å². The average Bonchev–Trinajstić information content (AvgIpc) is 2.48. The van der Waals surface area contributed by atoms with Gasteiger partial charge in [-0.3, -0.25) is 4.99 Å². The van der Waals surface area contributed by atoms with E-state index in [4.69, 9.17) is 9.84 Å². The van der Waals surface area contributed by atoms with Gasteiger partial charge in [0.05, 0.1) is 5.69 Å². The van der Waals surface area contributed by atoms with Crippen LogP contribution in [0.1, 0.15) is 12.5 Å². The Morgan fingerprint density at radius 3 is 2.33 bits per heavy atom. The van der Waals surface area contributed by atoms with Gasteiger partial charge in [-0.05, 0) is 61.0 Å². The molecule has 0 aliphatic carbocycles. The Labute approximate surface area is 122 Å². The lowest BCUT2D eigenvalue weighted by atomic mass is 10.2. The van der Waals surface area contributed by atoms with Gasteiger partial charge in [-0.15, -0.1) is 0 Å². The van der Waals surface area contributed by atoms with E-state index in [0.29, 0.717) is 5.75 Å². The van der Waals surface area contributed by atoms with Gasteiger partial charge < -0.3 is 14.9 Å². The first-order chi connectivity index (χ1) is 10.0. The van der Waals surface area contributed by atoms with Gasteiger partial charge in [0.2, 0.25) is 0 Å². The third-order valence-electron chi connectivity index (χ3n) is 2.75. The van der Waals surface area contributed by atoms with E-state index in [1.54, 1.807) is 54.7 Å². The monoisotopic (exact) mass is 285 g/mol. The van der Waals surface area contributed by atoms with Crippen LogP contribution in [0.2, 0.25) is 0 Å². The summed E-state index contributed by atoms with van der Waals surface area (Å²) in [5.41, 5.74) is 1.59. The number of phenolic OH excluding ortho intramolecular Hbond substituents is 1. The topological polar surface area (TPSA) is 79.1 Å². The highest BCUT2D eigenvalue weighted by atomic mass is 16.5. The number of aliphatic carboxylic acids is 1. The van der Waals surface area contributed by atoms with Crippen LogP contribution in [0.15, 0.2) is 53.5 Å². The number of carbonyl (C=O) groups is 1. The van der Waals surface area contributed by atoms with E-state index >= 15 is 0 Å². The largest absolute Gasteiger partial charge is 0.508 e. The summed E-state index contributed by atoms with van der Waals surface area (Å²) in [6.07, 6.45) is 0.790. The second-order valence-corrected chi connectivity index (χ2v) is 4.44. The molecule has 0 spiro atoms. The molecule has 0 unspecified atom stereocenters. The highest BCUT2D eigenvalue weighted by Crippen LogP contribution is 2.17. The van der Waals surface area contributed by atoms with Crippen LogP contribution in [-0.2, 0) is 4.79 Å². The molecule has 0 bridgehead atoms. The first kappa shape index (κ1) is 14.6. The molecule has 2 aromatic carbocycles. The number of aliphatic imine (C=N–C) groups is 1. The predicted octanol–water partition coefficient (Wildman–Crippen LogP) is 2.99. The van der Waals surface area contributed by atoms with Crippen LogP contribution in [0, 0.1) is 0 Å². The van der Waals surface area contributed by atoms with Gasteiger partial charge in [0, 0.05) is 6.21 Å². The fraction of sp³-hybridized carbons (Fsp3) is 0.125. The Morgan fingerprint density at radius 2 is 1.76 bits per heavy atom. The lowest BCUT2D eigenvalue weighted by Gasteiger charge is -2.09. The summed E-state index contributed by atoms with van der Waals surface area (Å²) in [6.45, 7) is 1.47. The molecule has 2 rings (SSSR count). The molecule has 0 aliphatic heterocycles. The number of carboxylic acid groups (broad SMARTS) is 1.